The van der Waals surface area contributed by atoms with Crippen LogP contribution in [-0.4, -0.2) is 4.98 Å². The molecule has 1 N–H and O–H groups in total. The number of nitrogens with zero attached hydrogens (tertiary/aromatic N) is 1. The molecule has 2 heterocycles. The molecular formula is C14H14N2. The van der Waals surface area contributed by atoms with E-state index in [1.807, 2.05) is 13.1 Å². The number of benzene rings is 1. The molecule has 0 aliphatic carbocycles. The summed E-state index contributed by atoms with van der Waals surface area (Å²) in [4.78, 5) is 4.36. The predicted molar refractivity (Wildman–Crippen MR) is 65.0 cm³/mol. The lowest BCUT2D eigenvalue weighted by atomic mass is 9.98. The SMILES string of the molecule is Cc1ccc(-c2cccc3c2CNC3)cn1. The number of nitrogens with one attached hydrogen (secondary N) is 1. The molecule has 0 saturated heterocycles. The summed E-state index contributed by atoms with van der Waals surface area (Å²) in [6.07, 6.45) is 1.96. The Morgan fingerprint density at radius 1 is 1.12 bits per heavy atom. The summed E-state index contributed by atoms with van der Waals surface area (Å²) in [5, 5.41) is 3.39. The van der Waals surface area contributed by atoms with E-state index >= 15 is 0 Å². The molecule has 0 amide bonds. The van der Waals surface area contributed by atoms with Crippen LogP contribution in [0.15, 0.2) is 36.5 Å². The Morgan fingerprint density at radius 3 is 2.88 bits per heavy atom. The molecule has 2 heteroatoms. The Kier molecular flexibility index (Phi) is 2.22. The molecule has 0 radical (unpaired) electrons. The number of rotatable bonds is 1. The van der Waals surface area contributed by atoms with Gasteiger partial charge in [0.25, 0.3) is 0 Å². The Morgan fingerprint density at radius 2 is 2.06 bits per heavy atom. The lowest BCUT2D eigenvalue weighted by molar-refractivity contribution is 0.765. The molecule has 1 aromatic heterocycles. The minimum atomic E-state index is 0.972. The molecule has 0 atom stereocenters. The molecule has 1 aromatic carbocycles. The maximum absolute atomic E-state index is 4.36. The third-order valence-corrected chi connectivity index (χ3v) is 3.11. The van der Waals surface area contributed by atoms with Gasteiger partial charge in [-0.05, 0) is 29.7 Å². The van der Waals surface area contributed by atoms with Gasteiger partial charge in [0.1, 0.15) is 0 Å². The van der Waals surface area contributed by atoms with Crippen molar-refractivity contribution in [1.82, 2.24) is 10.3 Å². The average molecular weight is 210 g/mol. The Bertz CT molecular complexity index is 515. The largest absolute Gasteiger partial charge is 0.309 e. The fraction of sp³-hybridized carbons (Fsp3) is 0.214. The Hall–Kier alpha value is -1.67. The van der Waals surface area contributed by atoms with Crippen molar-refractivity contribution in [2.75, 3.05) is 0 Å². The number of hydrogen-bond donors (Lipinski definition) is 1. The van der Waals surface area contributed by atoms with Crippen LogP contribution >= 0.6 is 0 Å². The second-order valence-electron chi connectivity index (χ2n) is 4.24. The number of pyridine rings is 1. The first-order chi connectivity index (χ1) is 7.84. The van der Waals surface area contributed by atoms with Crippen molar-refractivity contribution in [3.63, 3.8) is 0 Å². The number of aryl methyl sites for hydroxylation is 1. The van der Waals surface area contributed by atoms with Crippen LogP contribution in [0.4, 0.5) is 0 Å². The maximum atomic E-state index is 4.36. The second-order valence-corrected chi connectivity index (χ2v) is 4.24. The Labute approximate surface area is 95.3 Å². The zero-order chi connectivity index (χ0) is 11.0. The summed E-state index contributed by atoms with van der Waals surface area (Å²) in [5.41, 5.74) is 6.43. The van der Waals surface area contributed by atoms with E-state index in [0.29, 0.717) is 0 Å². The monoisotopic (exact) mass is 210 g/mol. The van der Waals surface area contributed by atoms with E-state index in [9.17, 15) is 0 Å². The van der Waals surface area contributed by atoms with Crippen molar-refractivity contribution < 1.29 is 0 Å². The minimum absolute atomic E-state index is 0.972. The van der Waals surface area contributed by atoms with Crippen LogP contribution in [0.5, 0.6) is 0 Å². The van der Waals surface area contributed by atoms with Crippen molar-refractivity contribution in [3.05, 3.63) is 53.3 Å². The number of aromatic nitrogens is 1. The smallest absolute Gasteiger partial charge is 0.0373 e. The molecular weight excluding hydrogens is 196 g/mol. The van der Waals surface area contributed by atoms with E-state index in [0.717, 1.165) is 18.8 Å². The van der Waals surface area contributed by atoms with Gasteiger partial charge in [-0.15, -0.1) is 0 Å². The molecule has 0 unspecified atom stereocenters. The van der Waals surface area contributed by atoms with Gasteiger partial charge >= 0.3 is 0 Å². The van der Waals surface area contributed by atoms with Crippen molar-refractivity contribution in [2.24, 2.45) is 0 Å². The lowest BCUT2D eigenvalue weighted by Crippen LogP contribution is -2.00. The first-order valence-electron chi connectivity index (χ1n) is 5.59. The van der Waals surface area contributed by atoms with Gasteiger partial charge in [0.05, 0.1) is 0 Å². The van der Waals surface area contributed by atoms with Crippen LogP contribution in [0.1, 0.15) is 16.8 Å². The van der Waals surface area contributed by atoms with Crippen molar-refractivity contribution in [3.8, 4) is 11.1 Å². The van der Waals surface area contributed by atoms with Gasteiger partial charge in [0, 0.05) is 30.5 Å². The molecule has 0 spiro atoms. The van der Waals surface area contributed by atoms with Crippen molar-refractivity contribution in [1.29, 1.82) is 0 Å². The quantitative estimate of drug-likeness (QED) is 0.782. The standard InChI is InChI=1S/C14H14N2/c1-10-5-6-12(8-16-10)13-4-2-3-11-7-15-9-14(11)13/h2-6,8,15H,7,9H2,1H3. The number of hydrogen-bond acceptors (Lipinski definition) is 2. The maximum Gasteiger partial charge on any atom is 0.0373 e. The van der Waals surface area contributed by atoms with E-state index < -0.39 is 0 Å². The van der Waals surface area contributed by atoms with Crippen LogP contribution in [-0.2, 0) is 13.1 Å². The molecule has 80 valence electrons. The van der Waals surface area contributed by atoms with Crippen LogP contribution in [0.25, 0.3) is 11.1 Å². The molecule has 16 heavy (non-hydrogen) atoms. The molecule has 0 bridgehead atoms. The van der Waals surface area contributed by atoms with E-state index in [-0.39, 0.29) is 0 Å². The van der Waals surface area contributed by atoms with Gasteiger partial charge in [0.2, 0.25) is 0 Å². The van der Waals surface area contributed by atoms with E-state index in [4.69, 9.17) is 0 Å². The Balaban J connectivity index is 2.13. The van der Waals surface area contributed by atoms with Gasteiger partial charge in [-0.1, -0.05) is 24.3 Å². The van der Waals surface area contributed by atoms with Crippen LogP contribution in [0.3, 0.4) is 0 Å². The van der Waals surface area contributed by atoms with Crippen LogP contribution in [0, 0.1) is 6.92 Å². The molecule has 0 fully saturated rings. The van der Waals surface area contributed by atoms with Gasteiger partial charge < -0.3 is 5.32 Å². The summed E-state index contributed by atoms with van der Waals surface area (Å²) < 4.78 is 0. The predicted octanol–water partition coefficient (Wildman–Crippen LogP) is 2.66. The first-order valence-corrected chi connectivity index (χ1v) is 5.59. The van der Waals surface area contributed by atoms with Crippen molar-refractivity contribution in [2.45, 2.75) is 20.0 Å². The average Bonchev–Trinajstić information content (AvgIpc) is 2.78. The molecule has 1 aliphatic rings. The molecule has 2 aromatic rings. The van der Waals surface area contributed by atoms with Crippen molar-refractivity contribution >= 4 is 0 Å². The molecule has 1 aliphatic heterocycles. The summed E-state index contributed by atoms with van der Waals surface area (Å²) in [7, 11) is 0. The van der Waals surface area contributed by atoms with Gasteiger partial charge in [-0.3, -0.25) is 4.98 Å². The zero-order valence-corrected chi connectivity index (χ0v) is 9.33. The summed E-state index contributed by atoms with van der Waals surface area (Å²) >= 11 is 0. The fourth-order valence-electron chi connectivity index (χ4n) is 2.23. The van der Waals surface area contributed by atoms with Gasteiger partial charge in [-0.25, -0.2) is 0 Å². The highest BCUT2D eigenvalue weighted by Crippen LogP contribution is 2.28. The topological polar surface area (TPSA) is 24.9 Å². The van der Waals surface area contributed by atoms with Crippen LogP contribution < -0.4 is 5.32 Å². The third-order valence-electron chi connectivity index (χ3n) is 3.11. The highest BCUT2D eigenvalue weighted by atomic mass is 14.9. The molecule has 0 saturated carbocycles. The van der Waals surface area contributed by atoms with E-state index in [1.54, 1.807) is 0 Å². The summed E-state index contributed by atoms with van der Waals surface area (Å²) in [6.45, 7) is 3.97. The second kappa shape index (κ2) is 3.72. The van der Waals surface area contributed by atoms with E-state index in [2.05, 4.69) is 40.6 Å². The van der Waals surface area contributed by atoms with Gasteiger partial charge in [0.15, 0.2) is 0 Å². The third kappa shape index (κ3) is 1.51. The fourth-order valence-corrected chi connectivity index (χ4v) is 2.23. The zero-order valence-electron chi connectivity index (χ0n) is 9.33. The van der Waals surface area contributed by atoms with E-state index in [1.165, 1.54) is 22.3 Å². The molecule has 2 nitrogen and oxygen atoms in total. The van der Waals surface area contributed by atoms with Gasteiger partial charge in [-0.2, -0.15) is 0 Å². The number of fused-ring (bicyclic) bond motifs is 1. The lowest BCUT2D eigenvalue weighted by Gasteiger charge is -2.07. The summed E-state index contributed by atoms with van der Waals surface area (Å²) in [6, 6.07) is 10.7. The van der Waals surface area contributed by atoms with Crippen LogP contribution in [0.2, 0.25) is 0 Å². The normalized spacial score (nSPS) is 13.8. The highest BCUT2D eigenvalue weighted by Gasteiger charge is 2.14. The minimum Gasteiger partial charge on any atom is -0.309 e. The summed E-state index contributed by atoms with van der Waals surface area (Å²) in [5.74, 6) is 0. The highest BCUT2D eigenvalue weighted by molar-refractivity contribution is 5.68. The molecule has 3 rings (SSSR count). The first kappa shape index (κ1) is 9.55.